The summed E-state index contributed by atoms with van der Waals surface area (Å²) in [4.78, 5) is 9.28. The molecule has 6 heteroatoms. The van der Waals surface area contributed by atoms with Gasteiger partial charge in [0.1, 0.15) is 0 Å². The number of thiol groups is 1. The van der Waals surface area contributed by atoms with E-state index in [2.05, 4.69) is 33.0 Å². The largest absolute Gasteiger partial charge is 0.383 e. The summed E-state index contributed by atoms with van der Waals surface area (Å²) in [5, 5.41) is 0. The van der Waals surface area contributed by atoms with Gasteiger partial charge in [0.05, 0.1) is 6.10 Å². The van der Waals surface area contributed by atoms with E-state index in [1.165, 1.54) is 6.42 Å². The second kappa shape index (κ2) is 6.76. The third-order valence-electron chi connectivity index (χ3n) is 4.06. The van der Waals surface area contributed by atoms with Gasteiger partial charge in [-0.15, -0.1) is 0 Å². The zero-order valence-electron chi connectivity index (χ0n) is 11.5. The number of hydrogen-bond acceptors (Lipinski definition) is 3. The van der Waals surface area contributed by atoms with Crippen molar-refractivity contribution in [2.45, 2.75) is 46.1 Å². The van der Waals surface area contributed by atoms with E-state index in [0.717, 1.165) is 12.8 Å². The normalized spacial score (nSPS) is 34.3. The molecule has 0 bridgehead atoms. The lowest BCUT2D eigenvalue weighted by atomic mass is 9.68. The van der Waals surface area contributed by atoms with Crippen molar-refractivity contribution in [2.75, 3.05) is 6.54 Å². The summed E-state index contributed by atoms with van der Waals surface area (Å²) in [5.74, 6) is 1.93. The van der Waals surface area contributed by atoms with Gasteiger partial charge in [-0.25, -0.2) is 4.57 Å². The summed E-state index contributed by atoms with van der Waals surface area (Å²) in [7, 11) is 0. The van der Waals surface area contributed by atoms with Crippen molar-refractivity contribution in [3.63, 3.8) is 0 Å². The van der Waals surface area contributed by atoms with Gasteiger partial charge < -0.3 is 10.6 Å². The minimum atomic E-state index is -3.77. The van der Waals surface area contributed by atoms with Gasteiger partial charge in [-0.2, -0.15) is 0 Å². The van der Waals surface area contributed by atoms with Gasteiger partial charge in [0.2, 0.25) is 0 Å². The molecule has 0 aliphatic heterocycles. The summed E-state index contributed by atoms with van der Waals surface area (Å²) in [6.45, 7) is 3.11. The smallest absolute Gasteiger partial charge is 0.328 e. The minimum Gasteiger partial charge on any atom is -0.328 e. The van der Waals surface area contributed by atoms with Crippen LogP contribution in [-0.2, 0) is 9.09 Å². The Hall–Kier alpha value is 0.460. The Morgan fingerprint density at radius 2 is 2.06 bits per heavy atom. The summed E-state index contributed by atoms with van der Waals surface area (Å²) < 4.78 is 16.5. The van der Waals surface area contributed by atoms with Crippen LogP contribution in [0.5, 0.6) is 0 Å². The Balaban J connectivity index is 2.81. The molecule has 3 N–H and O–H groups in total. The summed E-state index contributed by atoms with van der Waals surface area (Å²) in [5.41, 5.74) is 5.73. The van der Waals surface area contributed by atoms with Crippen LogP contribution < -0.4 is 5.73 Å². The van der Waals surface area contributed by atoms with Crippen molar-refractivity contribution in [1.29, 1.82) is 0 Å². The number of hydrogen-bond donors (Lipinski definition) is 3. The summed E-state index contributed by atoms with van der Waals surface area (Å²) >= 11 is 3.60. The maximum atomic E-state index is 11.3. The molecule has 0 amide bonds. The topological polar surface area (TPSA) is 72.5 Å². The first kappa shape index (κ1) is 16.5. The number of nitrogens with two attached hydrogens (primary N) is 1. The predicted molar refractivity (Wildman–Crippen MR) is 77.6 cm³/mol. The molecule has 1 fully saturated rings. The molecule has 0 aromatic rings. The average Bonchev–Trinajstić information content (AvgIpc) is 2.24. The molecular formula is C12H26NO3PS. The fourth-order valence-corrected chi connectivity index (χ4v) is 4.13. The highest BCUT2D eigenvalue weighted by Crippen LogP contribution is 2.51. The molecule has 1 saturated carbocycles. The maximum absolute atomic E-state index is 11.3. The van der Waals surface area contributed by atoms with Gasteiger partial charge in [0, 0.05) is 6.54 Å². The predicted octanol–water partition coefficient (Wildman–Crippen LogP) is 3.07. The van der Waals surface area contributed by atoms with Crippen LogP contribution in [0.4, 0.5) is 0 Å². The molecule has 108 valence electrons. The van der Waals surface area contributed by atoms with Gasteiger partial charge in [0.15, 0.2) is 0 Å². The van der Waals surface area contributed by atoms with Gasteiger partial charge in [-0.1, -0.05) is 39.4 Å². The second-order valence-corrected chi connectivity index (χ2v) is 8.57. The van der Waals surface area contributed by atoms with E-state index in [1.54, 1.807) is 0 Å². The van der Waals surface area contributed by atoms with E-state index >= 15 is 0 Å². The van der Waals surface area contributed by atoms with E-state index in [-0.39, 0.29) is 18.6 Å². The van der Waals surface area contributed by atoms with Crippen LogP contribution in [0.2, 0.25) is 0 Å². The highest BCUT2D eigenvalue weighted by Gasteiger charge is 2.38. The van der Waals surface area contributed by atoms with Crippen molar-refractivity contribution in [3.8, 4) is 0 Å². The van der Waals surface area contributed by atoms with Crippen molar-refractivity contribution < 1.29 is 14.0 Å². The Kier molecular flexibility index (Phi) is 6.20. The third-order valence-corrected chi connectivity index (χ3v) is 4.88. The molecule has 0 heterocycles. The Morgan fingerprint density at radius 3 is 2.50 bits per heavy atom. The van der Waals surface area contributed by atoms with Crippen LogP contribution in [0, 0.1) is 23.7 Å². The quantitative estimate of drug-likeness (QED) is 0.538. The SMILES string of the molecule is CC1CCC(C(C)C)C(C(CN)OP(=O)(O)S)C1. The lowest BCUT2D eigenvalue weighted by Gasteiger charge is -2.41. The molecular weight excluding hydrogens is 269 g/mol. The van der Waals surface area contributed by atoms with E-state index in [4.69, 9.17) is 10.3 Å². The fraction of sp³-hybridized carbons (Fsp3) is 1.00. The average molecular weight is 295 g/mol. The van der Waals surface area contributed by atoms with Crippen LogP contribution in [0.15, 0.2) is 0 Å². The van der Waals surface area contributed by atoms with Crippen LogP contribution in [0.1, 0.15) is 40.0 Å². The molecule has 1 aliphatic rings. The molecule has 5 unspecified atom stereocenters. The highest BCUT2D eigenvalue weighted by atomic mass is 32.7. The van der Waals surface area contributed by atoms with Crippen LogP contribution in [-0.4, -0.2) is 17.5 Å². The molecule has 18 heavy (non-hydrogen) atoms. The van der Waals surface area contributed by atoms with E-state index in [1.807, 2.05) is 0 Å². The van der Waals surface area contributed by atoms with Crippen LogP contribution in [0.3, 0.4) is 0 Å². The Labute approximate surface area is 115 Å². The van der Waals surface area contributed by atoms with Gasteiger partial charge in [0.25, 0.3) is 0 Å². The first-order valence-electron chi connectivity index (χ1n) is 6.68. The van der Waals surface area contributed by atoms with Crippen molar-refractivity contribution in [2.24, 2.45) is 29.4 Å². The molecule has 1 aliphatic carbocycles. The fourth-order valence-electron chi connectivity index (χ4n) is 3.18. The molecule has 5 atom stereocenters. The molecule has 0 radical (unpaired) electrons. The first-order valence-corrected chi connectivity index (χ1v) is 9.41. The van der Waals surface area contributed by atoms with E-state index in [9.17, 15) is 9.46 Å². The van der Waals surface area contributed by atoms with Crippen molar-refractivity contribution in [1.82, 2.24) is 0 Å². The van der Waals surface area contributed by atoms with Crippen molar-refractivity contribution >= 4 is 19.0 Å². The molecule has 0 aromatic carbocycles. The highest BCUT2D eigenvalue weighted by molar-refractivity contribution is 8.44. The molecule has 0 spiro atoms. The summed E-state index contributed by atoms with van der Waals surface area (Å²) in [6, 6.07) is 0. The van der Waals surface area contributed by atoms with Crippen LogP contribution >= 0.6 is 19.0 Å². The molecule has 4 nitrogen and oxygen atoms in total. The van der Waals surface area contributed by atoms with E-state index in [0.29, 0.717) is 17.8 Å². The van der Waals surface area contributed by atoms with Gasteiger partial charge >= 0.3 is 6.80 Å². The third kappa shape index (κ3) is 4.86. The Morgan fingerprint density at radius 1 is 1.44 bits per heavy atom. The zero-order chi connectivity index (χ0) is 13.9. The minimum absolute atomic E-state index is 0.256. The zero-order valence-corrected chi connectivity index (χ0v) is 13.2. The molecule has 1 rings (SSSR count). The number of rotatable bonds is 5. The van der Waals surface area contributed by atoms with Crippen LogP contribution in [0.25, 0.3) is 0 Å². The maximum Gasteiger partial charge on any atom is 0.383 e. The summed E-state index contributed by atoms with van der Waals surface area (Å²) in [6.07, 6.45) is 3.01. The molecule has 0 saturated heterocycles. The lowest BCUT2D eigenvalue weighted by molar-refractivity contribution is 0.0331. The Bertz CT molecular complexity index is 308. The lowest BCUT2D eigenvalue weighted by Crippen LogP contribution is -2.40. The monoisotopic (exact) mass is 295 g/mol. The molecule has 0 aromatic heterocycles. The van der Waals surface area contributed by atoms with Gasteiger partial charge in [-0.05, 0) is 36.5 Å². The van der Waals surface area contributed by atoms with Gasteiger partial charge in [-0.3, -0.25) is 4.52 Å². The first-order chi connectivity index (χ1) is 8.24. The van der Waals surface area contributed by atoms with E-state index < -0.39 is 6.80 Å². The second-order valence-electron chi connectivity index (χ2n) is 5.86. The van der Waals surface area contributed by atoms with Crippen molar-refractivity contribution in [3.05, 3.63) is 0 Å². The standard InChI is InChI=1S/C12H26NO3PS/c1-8(2)10-5-4-9(3)6-11(10)12(7-13)16-17(14,15)18/h8-12H,4-7,13H2,1-3H3,(H2,14,15,18).